The van der Waals surface area contributed by atoms with Gasteiger partial charge in [-0.25, -0.2) is 0 Å². The van der Waals surface area contributed by atoms with Crippen LogP contribution >= 0.6 is 0 Å². The van der Waals surface area contributed by atoms with Gasteiger partial charge in [-0.3, -0.25) is 4.99 Å². The van der Waals surface area contributed by atoms with E-state index >= 15 is 0 Å². The second kappa shape index (κ2) is 14.8. The number of aliphatic imine (C=N–C) groups is 1. The number of nitrogens with two attached hydrogens (primary N) is 1. The summed E-state index contributed by atoms with van der Waals surface area (Å²) in [5, 5.41) is 29.2. The first-order valence-corrected chi connectivity index (χ1v) is 10.7. The first-order valence-electron chi connectivity index (χ1n) is 10.7. The van der Waals surface area contributed by atoms with E-state index in [1.165, 1.54) is 0 Å². The molecule has 2 heterocycles. The van der Waals surface area contributed by atoms with Crippen molar-refractivity contribution in [3.63, 3.8) is 0 Å². The van der Waals surface area contributed by atoms with Crippen LogP contribution in [0.5, 0.6) is 0 Å². The molecule has 0 aromatic heterocycles. The van der Waals surface area contributed by atoms with Crippen LogP contribution in [0.2, 0.25) is 0 Å². The van der Waals surface area contributed by atoms with Crippen molar-refractivity contribution >= 4 is 6.21 Å². The van der Waals surface area contributed by atoms with Gasteiger partial charge in [-0.15, -0.1) is 0 Å². The van der Waals surface area contributed by atoms with Crippen molar-refractivity contribution in [2.45, 2.75) is 43.7 Å². The van der Waals surface area contributed by atoms with Crippen molar-refractivity contribution in [2.24, 2.45) is 10.7 Å². The standard InChI is InChI=1S/C20H37N3O7/c21-2-6-27-8-10-29-11-9-28-7-5-23-4-1-3-22-16(14-23)12-17-13-18(25)20(26)19(15-24)30-17/h3,14,17-20,24-26H,1-2,4-13,15,21H2/t17-,18-,19-,20-/m1/s1. The van der Waals surface area contributed by atoms with Crippen molar-refractivity contribution in [1.82, 2.24) is 4.90 Å². The maximum absolute atomic E-state index is 10.00. The zero-order valence-electron chi connectivity index (χ0n) is 17.6. The third-order valence-electron chi connectivity index (χ3n) is 4.93. The first-order chi connectivity index (χ1) is 14.6. The van der Waals surface area contributed by atoms with Gasteiger partial charge in [-0.1, -0.05) is 0 Å². The molecule has 0 radical (unpaired) electrons. The van der Waals surface area contributed by atoms with Crippen LogP contribution < -0.4 is 5.73 Å². The van der Waals surface area contributed by atoms with Gasteiger partial charge in [-0.2, -0.15) is 0 Å². The van der Waals surface area contributed by atoms with E-state index in [1.54, 1.807) is 0 Å². The highest BCUT2D eigenvalue weighted by Crippen LogP contribution is 2.25. The molecular formula is C20H37N3O7. The van der Waals surface area contributed by atoms with E-state index < -0.39 is 18.3 Å². The second-order valence-electron chi connectivity index (χ2n) is 7.36. The zero-order valence-corrected chi connectivity index (χ0v) is 17.6. The minimum atomic E-state index is -1.06. The summed E-state index contributed by atoms with van der Waals surface area (Å²) in [4.78, 5) is 6.64. The van der Waals surface area contributed by atoms with Crippen LogP contribution in [0.4, 0.5) is 0 Å². The molecule has 0 bridgehead atoms. The summed E-state index contributed by atoms with van der Waals surface area (Å²) in [6, 6.07) is 0. The zero-order chi connectivity index (χ0) is 21.6. The topological polar surface area (TPSA) is 139 Å². The van der Waals surface area contributed by atoms with E-state index in [1.807, 2.05) is 12.4 Å². The molecule has 30 heavy (non-hydrogen) atoms. The molecule has 174 valence electrons. The van der Waals surface area contributed by atoms with Gasteiger partial charge >= 0.3 is 0 Å². The van der Waals surface area contributed by atoms with E-state index in [-0.39, 0.29) is 12.7 Å². The Balaban J connectivity index is 1.66. The highest BCUT2D eigenvalue weighted by atomic mass is 16.5. The van der Waals surface area contributed by atoms with Gasteiger partial charge in [0.05, 0.1) is 64.2 Å². The molecule has 0 aliphatic carbocycles. The lowest BCUT2D eigenvalue weighted by molar-refractivity contribution is -0.178. The Morgan fingerprint density at radius 3 is 2.50 bits per heavy atom. The summed E-state index contributed by atoms with van der Waals surface area (Å²) >= 11 is 0. The molecule has 0 unspecified atom stereocenters. The molecule has 0 aromatic rings. The monoisotopic (exact) mass is 431 g/mol. The fraction of sp³-hybridized carbons (Fsp3) is 0.850. The highest BCUT2D eigenvalue weighted by molar-refractivity contribution is 5.59. The molecule has 4 atom stereocenters. The van der Waals surface area contributed by atoms with Crippen molar-refractivity contribution in [3.05, 3.63) is 11.9 Å². The van der Waals surface area contributed by atoms with Crippen LogP contribution in [0.3, 0.4) is 0 Å². The van der Waals surface area contributed by atoms with E-state index in [0.717, 1.165) is 25.2 Å². The number of ether oxygens (including phenoxy) is 4. The number of aliphatic hydroxyl groups is 3. The molecule has 10 nitrogen and oxygen atoms in total. The molecule has 0 aromatic carbocycles. The average Bonchev–Trinajstić information content (AvgIpc) is 2.97. The Morgan fingerprint density at radius 2 is 1.80 bits per heavy atom. The minimum Gasteiger partial charge on any atom is -0.394 e. The normalized spacial score (nSPS) is 27.2. The maximum Gasteiger partial charge on any atom is 0.109 e. The number of hydrogen-bond donors (Lipinski definition) is 4. The largest absolute Gasteiger partial charge is 0.394 e. The predicted octanol–water partition coefficient (Wildman–Crippen LogP) is -1.13. The van der Waals surface area contributed by atoms with E-state index in [9.17, 15) is 15.3 Å². The SMILES string of the molecule is NCCOCCOCCOCCN1C=C(C[C@@H]2C[C@@H](O)[C@@H](O)[C@@H](CO)O2)N=CCC1. The Kier molecular flexibility index (Phi) is 12.4. The van der Waals surface area contributed by atoms with Crippen LogP contribution in [0.1, 0.15) is 19.3 Å². The minimum absolute atomic E-state index is 0.300. The van der Waals surface area contributed by atoms with Gasteiger partial charge in [0.2, 0.25) is 0 Å². The molecule has 0 amide bonds. The molecule has 0 spiro atoms. The molecule has 2 aliphatic heterocycles. The average molecular weight is 432 g/mol. The Labute approximate surface area is 178 Å². The van der Waals surface area contributed by atoms with Crippen LogP contribution in [-0.4, -0.2) is 117 Å². The van der Waals surface area contributed by atoms with Crippen molar-refractivity contribution < 1.29 is 34.3 Å². The van der Waals surface area contributed by atoms with Gasteiger partial charge < -0.3 is 44.9 Å². The first kappa shape index (κ1) is 25.2. The summed E-state index contributed by atoms with van der Waals surface area (Å²) in [5.41, 5.74) is 6.18. The van der Waals surface area contributed by atoms with E-state index in [2.05, 4.69) is 9.89 Å². The maximum atomic E-state index is 10.00. The summed E-state index contributed by atoms with van der Waals surface area (Å²) in [7, 11) is 0. The van der Waals surface area contributed by atoms with Gasteiger partial charge in [-0.05, 0) is 0 Å². The number of hydrogen-bond acceptors (Lipinski definition) is 10. The number of aliphatic hydroxyl groups excluding tert-OH is 3. The van der Waals surface area contributed by atoms with Gasteiger partial charge in [0, 0.05) is 51.3 Å². The van der Waals surface area contributed by atoms with Gasteiger partial charge in [0.15, 0.2) is 0 Å². The Hall–Kier alpha value is -1.11. The molecular weight excluding hydrogens is 394 g/mol. The second-order valence-corrected chi connectivity index (χ2v) is 7.36. The van der Waals surface area contributed by atoms with E-state index in [4.69, 9.17) is 24.7 Å². The summed E-state index contributed by atoms with van der Waals surface area (Å²) in [5.74, 6) is 0. The van der Waals surface area contributed by atoms with Crippen LogP contribution in [0.25, 0.3) is 0 Å². The van der Waals surface area contributed by atoms with Crippen molar-refractivity contribution in [2.75, 3.05) is 65.9 Å². The van der Waals surface area contributed by atoms with Gasteiger partial charge in [0.25, 0.3) is 0 Å². The summed E-state index contributed by atoms with van der Waals surface area (Å²) < 4.78 is 22.0. The lowest BCUT2D eigenvalue weighted by Crippen LogP contribution is -2.49. The third-order valence-corrected chi connectivity index (χ3v) is 4.93. The molecule has 2 rings (SSSR count). The fourth-order valence-corrected chi connectivity index (χ4v) is 3.36. The van der Waals surface area contributed by atoms with Crippen molar-refractivity contribution in [1.29, 1.82) is 0 Å². The molecule has 1 fully saturated rings. The van der Waals surface area contributed by atoms with Gasteiger partial charge in [0.1, 0.15) is 12.2 Å². The molecule has 1 saturated heterocycles. The smallest absolute Gasteiger partial charge is 0.109 e. The lowest BCUT2D eigenvalue weighted by atomic mass is 9.96. The molecule has 0 saturated carbocycles. The predicted molar refractivity (Wildman–Crippen MR) is 111 cm³/mol. The molecule has 5 N–H and O–H groups in total. The van der Waals surface area contributed by atoms with Crippen molar-refractivity contribution in [3.8, 4) is 0 Å². The van der Waals surface area contributed by atoms with E-state index in [0.29, 0.717) is 59.0 Å². The summed E-state index contributed by atoms with van der Waals surface area (Å²) in [6.45, 7) is 5.01. The lowest BCUT2D eigenvalue weighted by Gasteiger charge is -2.36. The number of nitrogens with zero attached hydrogens (tertiary/aromatic N) is 2. The van der Waals surface area contributed by atoms with Crippen LogP contribution in [0, 0.1) is 0 Å². The fourth-order valence-electron chi connectivity index (χ4n) is 3.36. The Morgan fingerprint density at radius 1 is 1.10 bits per heavy atom. The highest BCUT2D eigenvalue weighted by Gasteiger charge is 2.36. The molecule has 2 aliphatic rings. The summed E-state index contributed by atoms with van der Waals surface area (Å²) in [6.07, 6.45) is 2.48. The Bertz CT molecular complexity index is 521. The molecule has 10 heteroatoms. The quantitative estimate of drug-likeness (QED) is 0.252. The van der Waals surface area contributed by atoms with Crippen LogP contribution in [-0.2, 0) is 18.9 Å². The number of rotatable bonds is 14. The van der Waals surface area contributed by atoms with Crippen LogP contribution in [0.15, 0.2) is 16.9 Å². The third kappa shape index (κ3) is 9.36.